The predicted molar refractivity (Wildman–Crippen MR) is 100 cm³/mol. The highest BCUT2D eigenvalue weighted by Crippen LogP contribution is 2.03. The number of rotatable bonds is 12. The number of aliphatic imine (C=N–C) groups is 1. The van der Waals surface area contributed by atoms with E-state index >= 15 is 0 Å². The van der Waals surface area contributed by atoms with Crippen LogP contribution in [0.4, 0.5) is 0 Å². The Morgan fingerprint density at radius 3 is 2.22 bits per heavy atom. The summed E-state index contributed by atoms with van der Waals surface area (Å²) in [7, 11) is 3.84. The molecular weight excluding hydrogens is 290 g/mol. The van der Waals surface area contributed by atoms with Crippen molar-refractivity contribution in [1.29, 1.82) is 0 Å². The summed E-state index contributed by atoms with van der Waals surface area (Å²) in [6.07, 6.45) is 0. The largest absolute Gasteiger partial charge is 0.383 e. The zero-order valence-electron chi connectivity index (χ0n) is 16.4. The Balaban J connectivity index is 4.22. The molecule has 0 rings (SSSR count). The molecule has 0 aromatic carbocycles. The smallest absolute Gasteiger partial charge is 0.191 e. The molecule has 0 aliphatic carbocycles. The van der Waals surface area contributed by atoms with Crippen LogP contribution < -0.4 is 10.6 Å². The first-order valence-corrected chi connectivity index (χ1v) is 8.87. The molecule has 0 aliphatic rings. The quantitative estimate of drug-likeness (QED) is 0.417. The number of ether oxygens (including phenoxy) is 1. The first-order chi connectivity index (χ1) is 10.9. The minimum atomic E-state index is 0.551. The lowest BCUT2D eigenvalue weighted by molar-refractivity contribution is 0.162. The number of hydrogen-bond donors (Lipinski definition) is 2. The molecule has 23 heavy (non-hydrogen) atoms. The molecule has 6 nitrogen and oxygen atoms in total. The Morgan fingerprint density at radius 2 is 1.70 bits per heavy atom. The maximum atomic E-state index is 5.09. The Bertz CT molecular complexity index is 299. The summed E-state index contributed by atoms with van der Waals surface area (Å²) in [5, 5.41) is 6.71. The van der Waals surface area contributed by atoms with Gasteiger partial charge in [-0.3, -0.25) is 9.89 Å². The van der Waals surface area contributed by atoms with Gasteiger partial charge in [-0.05, 0) is 41.7 Å². The summed E-state index contributed by atoms with van der Waals surface area (Å²) in [6.45, 7) is 17.3. The molecule has 0 amide bonds. The van der Waals surface area contributed by atoms with Gasteiger partial charge in [0, 0.05) is 51.9 Å². The average Bonchev–Trinajstić information content (AvgIpc) is 2.48. The lowest BCUT2D eigenvalue weighted by Gasteiger charge is -2.29. The summed E-state index contributed by atoms with van der Waals surface area (Å²) >= 11 is 0. The summed E-state index contributed by atoms with van der Waals surface area (Å²) < 4.78 is 5.09. The number of guanidine groups is 1. The zero-order valence-corrected chi connectivity index (χ0v) is 16.4. The van der Waals surface area contributed by atoms with E-state index < -0.39 is 0 Å². The maximum absolute atomic E-state index is 5.09. The Hall–Kier alpha value is -0.850. The third-order valence-corrected chi connectivity index (χ3v) is 3.76. The van der Waals surface area contributed by atoms with E-state index in [0.717, 1.165) is 51.8 Å². The van der Waals surface area contributed by atoms with E-state index in [2.05, 4.69) is 67.1 Å². The molecule has 0 unspecified atom stereocenters. The number of nitrogens with zero attached hydrogens (tertiary/aromatic N) is 3. The van der Waals surface area contributed by atoms with Gasteiger partial charge in [0.05, 0.1) is 13.2 Å². The monoisotopic (exact) mass is 329 g/mol. The molecule has 6 heteroatoms. The number of nitrogens with one attached hydrogen (secondary N) is 2. The average molecular weight is 330 g/mol. The van der Waals surface area contributed by atoms with Gasteiger partial charge in [-0.1, -0.05) is 0 Å². The normalized spacial score (nSPS) is 12.7. The number of hydrogen-bond acceptors (Lipinski definition) is 4. The summed E-state index contributed by atoms with van der Waals surface area (Å²) in [4.78, 5) is 9.40. The second-order valence-corrected chi connectivity index (χ2v) is 6.41. The van der Waals surface area contributed by atoms with E-state index in [9.17, 15) is 0 Å². The third-order valence-electron chi connectivity index (χ3n) is 3.76. The van der Waals surface area contributed by atoms with Crippen molar-refractivity contribution >= 4 is 5.96 Å². The fraction of sp³-hybridized carbons (Fsp3) is 0.941. The van der Waals surface area contributed by atoms with E-state index in [1.54, 1.807) is 7.11 Å². The molecule has 0 spiro atoms. The molecule has 0 fully saturated rings. The van der Waals surface area contributed by atoms with Crippen LogP contribution in [-0.4, -0.2) is 87.9 Å². The lowest BCUT2D eigenvalue weighted by atomic mass is 10.2. The van der Waals surface area contributed by atoms with Crippen LogP contribution in [0.1, 0.15) is 34.6 Å². The lowest BCUT2D eigenvalue weighted by Crippen LogP contribution is -2.42. The van der Waals surface area contributed by atoms with Gasteiger partial charge in [0.25, 0.3) is 0 Å². The number of methoxy groups -OCH3 is 1. The molecule has 0 aromatic heterocycles. The second kappa shape index (κ2) is 13.6. The first-order valence-electron chi connectivity index (χ1n) is 8.87. The molecule has 2 N–H and O–H groups in total. The zero-order chi connectivity index (χ0) is 17.7. The van der Waals surface area contributed by atoms with Crippen LogP contribution in [0.3, 0.4) is 0 Å². The van der Waals surface area contributed by atoms with Crippen LogP contribution in [0.5, 0.6) is 0 Å². The van der Waals surface area contributed by atoms with Gasteiger partial charge in [-0.15, -0.1) is 0 Å². The molecule has 0 heterocycles. The van der Waals surface area contributed by atoms with Crippen molar-refractivity contribution in [3.8, 4) is 0 Å². The third kappa shape index (κ3) is 11.3. The van der Waals surface area contributed by atoms with Crippen molar-refractivity contribution in [3.63, 3.8) is 0 Å². The van der Waals surface area contributed by atoms with Gasteiger partial charge in [0.1, 0.15) is 0 Å². The van der Waals surface area contributed by atoms with Crippen LogP contribution in [0.15, 0.2) is 4.99 Å². The highest BCUT2D eigenvalue weighted by molar-refractivity contribution is 5.79. The van der Waals surface area contributed by atoms with Crippen LogP contribution in [0.25, 0.3) is 0 Å². The van der Waals surface area contributed by atoms with E-state index in [1.807, 2.05) is 0 Å². The molecule has 0 bridgehead atoms. The van der Waals surface area contributed by atoms with Crippen molar-refractivity contribution in [2.45, 2.75) is 46.7 Å². The Labute approximate surface area is 143 Å². The molecule has 0 saturated carbocycles. The van der Waals surface area contributed by atoms with Gasteiger partial charge >= 0.3 is 0 Å². The molecular formula is C17H39N5O. The SMILES string of the molecule is CCNC(=NCCN(C(C)C)C(C)C)NCCN(C)CCOC. The van der Waals surface area contributed by atoms with Gasteiger partial charge in [-0.25, -0.2) is 0 Å². The van der Waals surface area contributed by atoms with Crippen LogP contribution in [0, 0.1) is 0 Å². The Morgan fingerprint density at radius 1 is 1.04 bits per heavy atom. The molecule has 138 valence electrons. The number of likely N-dealkylation sites (N-methyl/N-ethyl adjacent to an activating group) is 1. The summed E-state index contributed by atoms with van der Waals surface area (Å²) in [5.74, 6) is 0.903. The van der Waals surface area contributed by atoms with Crippen molar-refractivity contribution in [2.24, 2.45) is 4.99 Å². The fourth-order valence-electron chi connectivity index (χ4n) is 2.46. The van der Waals surface area contributed by atoms with Crippen molar-refractivity contribution in [2.75, 3.05) is 60.0 Å². The van der Waals surface area contributed by atoms with Gasteiger partial charge in [-0.2, -0.15) is 0 Å². The fourth-order valence-corrected chi connectivity index (χ4v) is 2.46. The summed E-state index contributed by atoms with van der Waals surface area (Å²) in [5.41, 5.74) is 0. The highest BCUT2D eigenvalue weighted by atomic mass is 16.5. The van der Waals surface area contributed by atoms with E-state index in [1.165, 1.54) is 0 Å². The summed E-state index contributed by atoms with van der Waals surface area (Å²) in [6, 6.07) is 1.10. The standard InChI is InChI=1S/C17H39N5O/c1-8-18-17(19-9-11-21(6)13-14-23-7)20-10-12-22(15(2)3)16(4)5/h15-16H,8-14H2,1-7H3,(H2,18,19,20). The minimum Gasteiger partial charge on any atom is -0.383 e. The van der Waals surface area contributed by atoms with Crippen molar-refractivity contribution < 1.29 is 4.74 Å². The molecule has 0 radical (unpaired) electrons. The predicted octanol–water partition coefficient (Wildman–Crippen LogP) is 1.24. The van der Waals surface area contributed by atoms with Crippen LogP contribution >= 0.6 is 0 Å². The molecule has 0 aromatic rings. The maximum Gasteiger partial charge on any atom is 0.191 e. The van der Waals surface area contributed by atoms with Crippen LogP contribution in [0.2, 0.25) is 0 Å². The Kier molecular flexibility index (Phi) is 13.1. The minimum absolute atomic E-state index is 0.551. The van der Waals surface area contributed by atoms with Crippen molar-refractivity contribution in [1.82, 2.24) is 20.4 Å². The van der Waals surface area contributed by atoms with Crippen molar-refractivity contribution in [3.05, 3.63) is 0 Å². The molecule has 0 saturated heterocycles. The first kappa shape index (κ1) is 22.1. The molecule has 0 aliphatic heterocycles. The second-order valence-electron chi connectivity index (χ2n) is 6.41. The van der Waals surface area contributed by atoms with E-state index in [0.29, 0.717) is 12.1 Å². The van der Waals surface area contributed by atoms with Gasteiger partial charge in [0.2, 0.25) is 0 Å². The van der Waals surface area contributed by atoms with E-state index in [-0.39, 0.29) is 0 Å². The van der Waals surface area contributed by atoms with Gasteiger partial charge in [0.15, 0.2) is 5.96 Å². The van der Waals surface area contributed by atoms with Crippen LogP contribution in [-0.2, 0) is 4.74 Å². The molecule has 0 atom stereocenters. The van der Waals surface area contributed by atoms with E-state index in [4.69, 9.17) is 4.74 Å². The highest BCUT2D eigenvalue weighted by Gasteiger charge is 2.12. The topological polar surface area (TPSA) is 52.1 Å². The van der Waals surface area contributed by atoms with Gasteiger partial charge < -0.3 is 20.3 Å².